The van der Waals surface area contributed by atoms with Gasteiger partial charge in [-0.25, -0.2) is 14.4 Å². The number of carbonyl (C=O) groups excluding carboxylic acids is 1. The minimum Gasteiger partial charge on any atom is -0.370 e. The number of benzene rings is 2. The van der Waals surface area contributed by atoms with Crippen molar-refractivity contribution in [2.75, 3.05) is 17.2 Å². The Morgan fingerprint density at radius 1 is 1.11 bits per heavy atom. The van der Waals surface area contributed by atoms with E-state index in [9.17, 15) is 9.18 Å². The van der Waals surface area contributed by atoms with Gasteiger partial charge >= 0.3 is 0 Å². The lowest BCUT2D eigenvalue weighted by Crippen LogP contribution is -2.16. The lowest BCUT2D eigenvalue weighted by atomic mass is 10.1. The lowest BCUT2D eigenvalue weighted by molar-refractivity contribution is 0.102. The quantitative estimate of drug-likeness (QED) is 0.657. The van der Waals surface area contributed by atoms with E-state index in [2.05, 4.69) is 20.6 Å². The summed E-state index contributed by atoms with van der Waals surface area (Å²) in [6.45, 7) is 2.34. The molecule has 1 heterocycles. The molecular formula is C20H18ClFN4O. The van der Waals surface area contributed by atoms with Gasteiger partial charge in [-0.05, 0) is 49.2 Å². The second-order valence-electron chi connectivity index (χ2n) is 5.96. The summed E-state index contributed by atoms with van der Waals surface area (Å²) in [5, 5.41) is 6.51. The molecule has 0 unspecified atom stereocenters. The number of aromatic nitrogens is 2. The van der Waals surface area contributed by atoms with Gasteiger partial charge in [0.2, 0.25) is 0 Å². The van der Waals surface area contributed by atoms with E-state index in [1.165, 1.54) is 18.2 Å². The Bertz CT molecular complexity index is 964. The molecule has 2 N–H and O–H groups in total. The summed E-state index contributed by atoms with van der Waals surface area (Å²) in [4.78, 5) is 20.8. The van der Waals surface area contributed by atoms with E-state index >= 15 is 0 Å². The first-order valence-electron chi connectivity index (χ1n) is 8.40. The largest absolute Gasteiger partial charge is 0.370 e. The van der Waals surface area contributed by atoms with Gasteiger partial charge in [0.15, 0.2) is 0 Å². The molecule has 27 heavy (non-hydrogen) atoms. The van der Waals surface area contributed by atoms with Crippen LogP contribution in [0.5, 0.6) is 0 Å². The van der Waals surface area contributed by atoms with Crippen LogP contribution in [0, 0.1) is 12.7 Å². The number of rotatable bonds is 6. The number of anilines is 2. The number of carbonyl (C=O) groups is 1. The predicted octanol–water partition coefficient (Wildman–Crippen LogP) is 4.48. The average molecular weight is 385 g/mol. The van der Waals surface area contributed by atoms with Crippen molar-refractivity contribution in [2.45, 2.75) is 13.3 Å². The van der Waals surface area contributed by atoms with E-state index in [0.717, 1.165) is 12.0 Å². The van der Waals surface area contributed by atoms with Crippen LogP contribution in [0.15, 0.2) is 54.6 Å². The molecule has 3 aromatic rings. The second-order valence-corrected chi connectivity index (χ2v) is 6.39. The third-order valence-electron chi connectivity index (χ3n) is 3.76. The number of nitrogens with one attached hydrogen (secondary N) is 2. The summed E-state index contributed by atoms with van der Waals surface area (Å²) in [7, 11) is 0. The minimum atomic E-state index is -0.427. The number of aryl methyl sites for hydroxylation is 1. The molecule has 1 amide bonds. The summed E-state index contributed by atoms with van der Waals surface area (Å²) < 4.78 is 13.3. The highest BCUT2D eigenvalue weighted by Crippen LogP contribution is 2.14. The van der Waals surface area contributed by atoms with Gasteiger partial charge in [-0.3, -0.25) is 4.79 Å². The van der Waals surface area contributed by atoms with Crippen molar-refractivity contribution in [3.63, 3.8) is 0 Å². The second kappa shape index (κ2) is 8.60. The van der Waals surface area contributed by atoms with Crippen molar-refractivity contribution < 1.29 is 9.18 Å². The third-order valence-corrected chi connectivity index (χ3v) is 4.00. The monoisotopic (exact) mass is 384 g/mol. The molecule has 0 radical (unpaired) electrons. The van der Waals surface area contributed by atoms with Crippen molar-refractivity contribution in [3.05, 3.63) is 82.5 Å². The fraction of sp³-hybridized carbons (Fsp3) is 0.150. The highest BCUT2D eigenvalue weighted by Gasteiger charge is 2.11. The number of halogens is 2. The van der Waals surface area contributed by atoms with Gasteiger partial charge in [0.25, 0.3) is 5.91 Å². The van der Waals surface area contributed by atoms with E-state index in [1.807, 2.05) is 24.3 Å². The molecule has 7 heteroatoms. The fourth-order valence-corrected chi connectivity index (χ4v) is 2.78. The first-order chi connectivity index (χ1) is 13.0. The molecule has 0 atom stereocenters. The molecular weight excluding hydrogens is 367 g/mol. The van der Waals surface area contributed by atoms with Gasteiger partial charge in [0, 0.05) is 23.3 Å². The molecule has 0 aliphatic heterocycles. The van der Waals surface area contributed by atoms with Crippen LogP contribution < -0.4 is 10.6 Å². The van der Waals surface area contributed by atoms with Crippen LogP contribution >= 0.6 is 11.6 Å². The molecule has 0 saturated carbocycles. The molecule has 0 fully saturated rings. The van der Waals surface area contributed by atoms with Crippen molar-refractivity contribution in [3.8, 4) is 0 Å². The number of nitrogens with zero attached hydrogens (tertiary/aromatic N) is 2. The van der Waals surface area contributed by atoms with Crippen LogP contribution in [0.1, 0.15) is 21.9 Å². The van der Waals surface area contributed by atoms with E-state index in [-0.39, 0.29) is 5.69 Å². The zero-order valence-corrected chi connectivity index (χ0v) is 15.4. The topological polar surface area (TPSA) is 66.9 Å². The Balaban J connectivity index is 1.65. The predicted molar refractivity (Wildman–Crippen MR) is 105 cm³/mol. The molecule has 0 aliphatic rings. The molecule has 3 rings (SSSR count). The molecule has 0 aliphatic carbocycles. The molecule has 5 nitrogen and oxygen atoms in total. The van der Waals surface area contributed by atoms with Gasteiger partial charge in [0.05, 0.1) is 0 Å². The van der Waals surface area contributed by atoms with Crippen molar-refractivity contribution >= 4 is 29.0 Å². The highest BCUT2D eigenvalue weighted by molar-refractivity contribution is 6.30. The minimum absolute atomic E-state index is 0.206. The van der Waals surface area contributed by atoms with Gasteiger partial charge < -0.3 is 10.6 Å². The Labute approximate surface area is 161 Å². The fourth-order valence-electron chi connectivity index (χ4n) is 2.56. The summed E-state index contributed by atoms with van der Waals surface area (Å²) in [5.74, 6) is 0.167. The van der Waals surface area contributed by atoms with E-state index in [4.69, 9.17) is 11.6 Å². The van der Waals surface area contributed by atoms with Crippen LogP contribution in [0.4, 0.5) is 15.9 Å². The van der Waals surface area contributed by atoms with E-state index in [0.29, 0.717) is 28.9 Å². The van der Waals surface area contributed by atoms with Crippen LogP contribution in [0.3, 0.4) is 0 Å². The van der Waals surface area contributed by atoms with Gasteiger partial charge in [-0.1, -0.05) is 29.8 Å². The summed E-state index contributed by atoms with van der Waals surface area (Å²) in [5.41, 5.74) is 1.67. The summed E-state index contributed by atoms with van der Waals surface area (Å²) in [6.07, 6.45) is 0.758. The molecule has 138 valence electrons. The van der Waals surface area contributed by atoms with Crippen molar-refractivity contribution in [2.24, 2.45) is 0 Å². The first-order valence-corrected chi connectivity index (χ1v) is 8.78. The maximum absolute atomic E-state index is 13.3. The number of amides is 1. The zero-order chi connectivity index (χ0) is 19.2. The smallest absolute Gasteiger partial charge is 0.274 e. The SMILES string of the molecule is Cc1nc(NCCc2cccc(Cl)c2)cc(C(=O)Nc2cccc(F)c2)n1. The molecule has 1 aromatic heterocycles. The van der Waals surface area contributed by atoms with Gasteiger partial charge in [0.1, 0.15) is 23.2 Å². The maximum Gasteiger partial charge on any atom is 0.274 e. The van der Waals surface area contributed by atoms with Crippen molar-refractivity contribution in [1.82, 2.24) is 9.97 Å². The molecule has 0 bridgehead atoms. The van der Waals surface area contributed by atoms with Crippen LogP contribution in [0.2, 0.25) is 5.02 Å². The maximum atomic E-state index is 13.3. The lowest BCUT2D eigenvalue weighted by Gasteiger charge is -2.09. The normalized spacial score (nSPS) is 10.5. The van der Waals surface area contributed by atoms with Crippen LogP contribution in [0.25, 0.3) is 0 Å². The summed E-state index contributed by atoms with van der Waals surface area (Å²) >= 11 is 5.98. The Morgan fingerprint density at radius 2 is 1.93 bits per heavy atom. The Morgan fingerprint density at radius 3 is 2.70 bits per heavy atom. The number of hydrogen-bond donors (Lipinski definition) is 2. The van der Waals surface area contributed by atoms with Crippen LogP contribution in [-0.4, -0.2) is 22.4 Å². The van der Waals surface area contributed by atoms with Gasteiger partial charge in [-0.2, -0.15) is 0 Å². The molecule has 0 spiro atoms. The first kappa shape index (κ1) is 18.8. The van der Waals surface area contributed by atoms with E-state index in [1.54, 1.807) is 19.1 Å². The van der Waals surface area contributed by atoms with Crippen molar-refractivity contribution in [1.29, 1.82) is 0 Å². The Kier molecular flexibility index (Phi) is 5.98. The zero-order valence-electron chi connectivity index (χ0n) is 14.7. The third kappa shape index (κ3) is 5.49. The summed E-state index contributed by atoms with van der Waals surface area (Å²) in [6, 6.07) is 14.9. The Hall–Kier alpha value is -2.99. The average Bonchev–Trinajstić information content (AvgIpc) is 2.61. The van der Waals surface area contributed by atoms with E-state index < -0.39 is 11.7 Å². The molecule has 0 saturated heterocycles. The molecule has 2 aromatic carbocycles. The van der Waals surface area contributed by atoms with Crippen LogP contribution in [-0.2, 0) is 6.42 Å². The highest BCUT2D eigenvalue weighted by atomic mass is 35.5. The number of hydrogen-bond acceptors (Lipinski definition) is 4. The standard InChI is InChI=1S/C20H18ClFN4O/c1-13-24-18(20(27)26-17-7-3-6-16(22)11-17)12-19(25-13)23-9-8-14-4-2-5-15(21)10-14/h2-7,10-12H,8-9H2,1H3,(H,26,27)(H,23,24,25). The van der Waals surface area contributed by atoms with Gasteiger partial charge in [-0.15, -0.1) is 0 Å².